The van der Waals surface area contributed by atoms with E-state index in [2.05, 4.69) is 5.43 Å². The van der Waals surface area contributed by atoms with Crippen LogP contribution in [0.1, 0.15) is 39.2 Å². The van der Waals surface area contributed by atoms with E-state index in [4.69, 9.17) is 4.74 Å². The lowest BCUT2D eigenvalue weighted by Gasteiger charge is -2.37. The van der Waals surface area contributed by atoms with Gasteiger partial charge in [-0.2, -0.15) is 13.2 Å². The Morgan fingerprint density at radius 2 is 1.92 bits per heavy atom. The zero-order chi connectivity index (χ0) is 18.0. The maximum absolute atomic E-state index is 13.5. The van der Waals surface area contributed by atoms with Gasteiger partial charge in [0.2, 0.25) is 5.91 Å². The molecule has 1 aromatic rings. The van der Waals surface area contributed by atoms with Crippen LogP contribution in [0.2, 0.25) is 0 Å². The summed E-state index contributed by atoms with van der Waals surface area (Å²) in [5.41, 5.74) is 2.30. The Kier molecular flexibility index (Phi) is 5.42. The van der Waals surface area contributed by atoms with E-state index in [9.17, 15) is 18.0 Å². The quantitative estimate of drug-likeness (QED) is 0.859. The molecule has 0 aromatic heterocycles. The molecular formula is C17H23F3N2O2. The van der Waals surface area contributed by atoms with Crippen LogP contribution in [0.3, 0.4) is 0 Å². The fraction of sp³-hybridized carbons (Fsp3) is 0.588. The third kappa shape index (κ3) is 4.41. The van der Waals surface area contributed by atoms with Gasteiger partial charge in [-0.15, -0.1) is 0 Å². The fourth-order valence-electron chi connectivity index (χ4n) is 2.96. The average molecular weight is 344 g/mol. The van der Waals surface area contributed by atoms with Crippen molar-refractivity contribution in [3.63, 3.8) is 0 Å². The first kappa shape index (κ1) is 18.6. The molecule has 0 spiro atoms. The van der Waals surface area contributed by atoms with Crippen molar-refractivity contribution < 1.29 is 22.7 Å². The Morgan fingerprint density at radius 1 is 1.29 bits per heavy atom. The summed E-state index contributed by atoms with van der Waals surface area (Å²) in [6.07, 6.45) is -4.22. The fourth-order valence-corrected chi connectivity index (χ4v) is 2.96. The number of carbonyl (C=O) groups is 1. The largest absolute Gasteiger partial charge is 0.494 e. The highest BCUT2D eigenvalue weighted by atomic mass is 19.4. The molecule has 0 aliphatic carbocycles. The predicted octanol–water partition coefficient (Wildman–Crippen LogP) is 3.46. The Hall–Kier alpha value is -1.76. The number of carbonyl (C=O) groups excluding carboxylic acids is 1. The van der Waals surface area contributed by atoms with Crippen molar-refractivity contribution in [2.24, 2.45) is 0 Å². The lowest BCUT2D eigenvalue weighted by Crippen LogP contribution is -2.56. The van der Waals surface area contributed by atoms with Gasteiger partial charge >= 0.3 is 6.18 Å². The minimum absolute atomic E-state index is 0.0582. The Labute approximate surface area is 139 Å². The van der Waals surface area contributed by atoms with E-state index in [-0.39, 0.29) is 25.2 Å². The number of halogens is 3. The van der Waals surface area contributed by atoms with Crippen LogP contribution in [-0.4, -0.2) is 35.3 Å². The van der Waals surface area contributed by atoms with E-state index < -0.39 is 17.8 Å². The molecule has 0 saturated carbocycles. The van der Waals surface area contributed by atoms with E-state index in [0.717, 1.165) is 10.6 Å². The van der Waals surface area contributed by atoms with Gasteiger partial charge in [0.15, 0.2) is 0 Å². The number of ether oxygens (including phenoxy) is 1. The highest BCUT2D eigenvalue weighted by Crippen LogP contribution is 2.35. The summed E-state index contributed by atoms with van der Waals surface area (Å²) in [6.45, 7) is 5.69. The van der Waals surface area contributed by atoms with E-state index >= 15 is 0 Å². The van der Waals surface area contributed by atoms with Crippen LogP contribution in [0, 0.1) is 0 Å². The predicted molar refractivity (Wildman–Crippen MR) is 84.5 cm³/mol. The van der Waals surface area contributed by atoms with Crippen LogP contribution in [0.25, 0.3) is 0 Å². The number of hydrogen-bond acceptors (Lipinski definition) is 3. The summed E-state index contributed by atoms with van der Waals surface area (Å²) in [4.78, 5) is 11.5. The summed E-state index contributed by atoms with van der Waals surface area (Å²) in [7, 11) is 0. The molecule has 1 aliphatic heterocycles. The van der Waals surface area contributed by atoms with Gasteiger partial charge in [0, 0.05) is 12.0 Å². The maximum Gasteiger partial charge on any atom is 0.405 e. The van der Waals surface area contributed by atoms with Gasteiger partial charge in [0.25, 0.3) is 0 Å². The molecule has 1 amide bonds. The standard InChI is InChI=1S/C17H23F3N2O2/c1-4-24-13-8-5-12(6-9-13)7-10-14(17(18,19)20)22-16(2,3)11-15(23)21-22/h5-6,8-9,14H,4,7,10-11H2,1-3H3,(H,21,23). The van der Waals surface area contributed by atoms with E-state index in [1.165, 1.54) is 0 Å². The first-order valence-corrected chi connectivity index (χ1v) is 8.01. The number of nitrogens with zero attached hydrogens (tertiary/aromatic N) is 1. The molecule has 1 aromatic carbocycles. The van der Waals surface area contributed by atoms with Crippen LogP contribution in [-0.2, 0) is 11.2 Å². The number of alkyl halides is 3. The van der Waals surface area contributed by atoms with Crippen molar-refractivity contribution in [1.29, 1.82) is 0 Å². The van der Waals surface area contributed by atoms with Crippen LogP contribution >= 0.6 is 0 Å². The van der Waals surface area contributed by atoms with Gasteiger partial charge in [0.1, 0.15) is 11.8 Å². The second kappa shape index (κ2) is 7.01. The molecule has 1 aliphatic rings. The average Bonchev–Trinajstić information content (AvgIpc) is 2.72. The van der Waals surface area contributed by atoms with Crippen molar-refractivity contribution in [1.82, 2.24) is 10.4 Å². The summed E-state index contributed by atoms with van der Waals surface area (Å²) in [6, 6.07) is 5.33. The van der Waals surface area contributed by atoms with Gasteiger partial charge in [-0.3, -0.25) is 10.2 Å². The number of amides is 1. The molecule has 7 heteroatoms. The number of hydrogen-bond donors (Lipinski definition) is 1. The summed E-state index contributed by atoms with van der Waals surface area (Å²) in [5.74, 6) is 0.317. The van der Waals surface area contributed by atoms with Gasteiger partial charge in [0.05, 0.1) is 6.61 Å². The third-order valence-corrected chi connectivity index (χ3v) is 4.12. The monoisotopic (exact) mass is 344 g/mol. The first-order chi connectivity index (χ1) is 11.1. The topological polar surface area (TPSA) is 41.6 Å². The zero-order valence-corrected chi connectivity index (χ0v) is 14.1. The molecule has 1 saturated heterocycles. The second-order valence-corrected chi connectivity index (χ2v) is 6.57. The molecule has 1 unspecified atom stereocenters. The summed E-state index contributed by atoms with van der Waals surface area (Å²) in [5, 5.41) is 1.06. The second-order valence-electron chi connectivity index (χ2n) is 6.57. The normalized spacial score (nSPS) is 19.2. The number of nitrogens with one attached hydrogen (secondary N) is 1. The lowest BCUT2D eigenvalue weighted by atomic mass is 9.97. The number of rotatable bonds is 6. The van der Waals surface area contributed by atoms with Crippen molar-refractivity contribution in [3.05, 3.63) is 29.8 Å². The molecule has 24 heavy (non-hydrogen) atoms. The minimum Gasteiger partial charge on any atom is -0.494 e. The van der Waals surface area contributed by atoms with Crippen LogP contribution < -0.4 is 10.2 Å². The van der Waals surface area contributed by atoms with Gasteiger partial charge in [-0.1, -0.05) is 12.1 Å². The maximum atomic E-state index is 13.5. The van der Waals surface area contributed by atoms with Crippen molar-refractivity contribution in [2.75, 3.05) is 6.61 Å². The van der Waals surface area contributed by atoms with Crippen molar-refractivity contribution in [2.45, 2.75) is 57.8 Å². The SMILES string of the molecule is CCOc1ccc(CCC(N2NC(=O)CC2(C)C)C(F)(F)F)cc1. The van der Waals surface area contributed by atoms with E-state index in [1.807, 2.05) is 6.92 Å². The molecular weight excluding hydrogens is 321 g/mol. The molecule has 2 rings (SSSR count). The summed E-state index contributed by atoms with van der Waals surface area (Å²) < 4.78 is 45.8. The molecule has 1 atom stereocenters. The molecule has 1 heterocycles. The minimum atomic E-state index is -4.42. The van der Waals surface area contributed by atoms with Crippen LogP contribution in [0.5, 0.6) is 5.75 Å². The number of hydrazine groups is 1. The number of aryl methyl sites for hydroxylation is 1. The van der Waals surface area contributed by atoms with Crippen LogP contribution in [0.4, 0.5) is 13.2 Å². The molecule has 4 nitrogen and oxygen atoms in total. The zero-order valence-electron chi connectivity index (χ0n) is 14.1. The third-order valence-electron chi connectivity index (χ3n) is 4.12. The highest BCUT2D eigenvalue weighted by Gasteiger charge is 2.51. The van der Waals surface area contributed by atoms with Crippen LogP contribution in [0.15, 0.2) is 24.3 Å². The molecule has 1 N–H and O–H groups in total. The van der Waals surface area contributed by atoms with Crippen molar-refractivity contribution in [3.8, 4) is 5.75 Å². The molecule has 0 bridgehead atoms. The number of benzene rings is 1. The van der Waals surface area contributed by atoms with Gasteiger partial charge in [-0.25, -0.2) is 5.01 Å². The first-order valence-electron chi connectivity index (χ1n) is 8.01. The van der Waals surface area contributed by atoms with E-state index in [0.29, 0.717) is 12.4 Å². The molecule has 1 fully saturated rings. The molecule has 134 valence electrons. The van der Waals surface area contributed by atoms with Crippen molar-refractivity contribution >= 4 is 5.91 Å². The highest BCUT2D eigenvalue weighted by molar-refractivity contribution is 5.78. The van der Waals surface area contributed by atoms with Gasteiger partial charge in [-0.05, 0) is 51.3 Å². The Morgan fingerprint density at radius 3 is 2.38 bits per heavy atom. The lowest BCUT2D eigenvalue weighted by molar-refractivity contribution is -0.202. The van der Waals surface area contributed by atoms with Gasteiger partial charge < -0.3 is 4.74 Å². The smallest absolute Gasteiger partial charge is 0.405 e. The van der Waals surface area contributed by atoms with E-state index in [1.54, 1.807) is 38.1 Å². The Balaban J connectivity index is 2.08. The summed E-state index contributed by atoms with van der Waals surface area (Å²) >= 11 is 0. The Bertz CT molecular complexity index is 570. The molecule has 0 radical (unpaired) electrons.